The predicted octanol–water partition coefficient (Wildman–Crippen LogP) is 0.908. The van der Waals surface area contributed by atoms with Gasteiger partial charge in [0.25, 0.3) is 0 Å². The van der Waals surface area contributed by atoms with E-state index in [-0.39, 0.29) is 11.5 Å². The summed E-state index contributed by atoms with van der Waals surface area (Å²) in [4.78, 5) is 14.1. The van der Waals surface area contributed by atoms with E-state index < -0.39 is 0 Å². The largest absolute Gasteiger partial charge is 0.373 e. The normalized spacial score (nSPS) is 23.0. The van der Waals surface area contributed by atoms with E-state index in [1.165, 1.54) is 0 Å². The highest BCUT2D eigenvalue weighted by atomic mass is 35.5. The number of amides is 1. The maximum atomic E-state index is 11.7. The van der Waals surface area contributed by atoms with Gasteiger partial charge in [0.05, 0.1) is 36.4 Å². The summed E-state index contributed by atoms with van der Waals surface area (Å²) in [6, 6.07) is 0. The van der Waals surface area contributed by atoms with E-state index in [1.54, 1.807) is 6.20 Å². The van der Waals surface area contributed by atoms with Crippen molar-refractivity contribution in [3.63, 3.8) is 0 Å². The van der Waals surface area contributed by atoms with E-state index in [9.17, 15) is 4.79 Å². The van der Waals surface area contributed by atoms with Crippen molar-refractivity contribution >= 4 is 17.5 Å². The quantitative estimate of drug-likeness (QED) is 0.901. The summed E-state index contributed by atoms with van der Waals surface area (Å²) in [7, 11) is 0. The molecule has 21 heavy (non-hydrogen) atoms. The van der Waals surface area contributed by atoms with Crippen LogP contribution in [0.15, 0.2) is 12.4 Å². The molecule has 2 saturated heterocycles. The zero-order valence-corrected chi connectivity index (χ0v) is 12.8. The lowest BCUT2D eigenvalue weighted by atomic mass is 9.87. The molecule has 1 amide bonds. The molecule has 1 aromatic rings. The van der Waals surface area contributed by atoms with Gasteiger partial charge in [-0.15, -0.1) is 0 Å². The number of hydrogen-bond acceptors (Lipinski definition) is 4. The van der Waals surface area contributed by atoms with E-state index in [0.29, 0.717) is 24.6 Å². The van der Waals surface area contributed by atoms with Gasteiger partial charge < -0.3 is 15.0 Å². The van der Waals surface area contributed by atoms with Gasteiger partial charge in [0.15, 0.2) is 0 Å². The standard InChI is InChI=1S/C14H21ClN4O2/c15-12-10-17-19(11-12)7-6-18-4-1-14(2-5-18)9-13(20)16-3-8-21-14/h10-11H,1-9H2,(H,16,20). The summed E-state index contributed by atoms with van der Waals surface area (Å²) in [6.07, 6.45) is 5.83. The SMILES string of the molecule is O=C1CC2(CCN(CCn3cc(Cl)cn3)CC2)OCCN1. The van der Waals surface area contributed by atoms with Gasteiger partial charge in [-0.3, -0.25) is 9.48 Å². The molecule has 116 valence electrons. The molecule has 0 aliphatic carbocycles. The Morgan fingerprint density at radius 1 is 1.38 bits per heavy atom. The van der Waals surface area contributed by atoms with Crippen molar-refractivity contribution in [1.29, 1.82) is 0 Å². The predicted molar refractivity (Wildman–Crippen MR) is 79.2 cm³/mol. The van der Waals surface area contributed by atoms with Crippen LogP contribution in [-0.4, -0.2) is 59.0 Å². The molecule has 7 heteroatoms. The summed E-state index contributed by atoms with van der Waals surface area (Å²) in [6.45, 7) is 4.95. The Morgan fingerprint density at radius 3 is 2.90 bits per heavy atom. The summed E-state index contributed by atoms with van der Waals surface area (Å²) in [5, 5.41) is 7.73. The fourth-order valence-electron chi connectivity index (χ4n) is 3.07. The van der Waals surface area contributed by atoms with Crippen molar-refractivity contribution in [3.8, 4) is 0 Å². The van der Waals surface area contributed by atoms with Crippen molar-refractivity contribution in [1.82, 2.24) is 20.0 Å². The molecule has 6 nitrogen and oxygen atoms in total. The minimum absolute atomic E-state index is 0.118. The number of halogens is 1. The third kappa shape index (κ3) is 3.75. The molecule has 2 aliphatic rings. The highest BCUT2D eigenvalue weighted by Crippen LogP contribution is 2.30. The number of carbonyl (C=O) groups is 1. The second kappa shape index (κ2) is 6.34. The Balaban J connectivity index is 1.49. The van der Waals surface area contributed by atoms with Crippen LogP contribution in [0, 0.1) is 0 Å². The van der Waals surface area contributed by atoms with Crippen molar-refractivity contribution in [2.45, 2.75) is 31.4 Å². The molecular weight excluding hydrogens is 292 g/mol. The molecule has 2 fully saturated rings. The molecule has 0 aromatic carbocycles. The third-order valence-corrected chi connectivity index (χ3v) is 4.52. The maximum absolute atomic E-state index is 11.7. The Hall–Kier alpha value is -1.11. The molecule has 1 N–H and O–H groups in total. The van der Waals surface area contributed by atoms with Crippen molar-refractivity contribution < 1.29 is 9.53 Å². The summed E-state index contributed by atoms with van der Waals surface area (Å²) in [5.74, 6) is 0.118. The number of nitrogens with one attached hydrogen (secondary N) is 1. The molecule has 0 atom stereocenters. The minimum atomic E-state index is -0.244. The van der Waals surface area contributed by atoms with Gasteiger partial charge in [-0.2, -0.15) is 5.10 Å². The van der Waals surface area contributed by atoms with Crippen LogP contribution in [0.25, 0.3) is 0 Å². The summed E-state index contributed by atoms with van der Waals surface area (Å²) < 4.78 is 7.83. The second-order valence-electron chi connectivity index (χ2n) is 5.82. The Labute approximate surface area is 129 Å². The van der Waals surface area contributed by atoms with Crippen molar-refractivity contribution in [2.24, 2.45) is 0 Å². The number of nitrogens with zero attached hydrogens (tertiary/aromatic N) is 3. The highest BCUT2D eigenvalue weighted by Gasteiger charge is 2.38. The Kier molecular flexibility index (Phi) is 4.47. The fraction of sp³-hybridized carbons (Fsp3) is 0.714. The van der Waals surface area contributed by atoms with Gasteiger partial charge in [-0.25, -0.2) is 0 Å². The minimum Gasteiger partial charge on any atom is -0.373 e. The Morgan fingerprint density at radius 2 is 2.19 bits per heavy atom. The van der Waals surface area contributed by atoms with Gasteiger partial charge in [0, 0.05) is 32.4 Å². The van der Waals surface area contributed by atoms with Gasteiger partial charge in [-0.05, 0) is 12.8 Å². The van der Waals surface area contributed by atoms with E-state index in [4.69, 9.17) is 16.3 Å². The van der Waals surface area contributed by atoms with Crippen LogP contribution in [0.2, 0.25) is 5.02 Å². The van der Waals surface area contributed by atoms with Crippen LogP contribution >= 0.6 is 11.6 Å². The number of likely N-dealkylation sites (tertiary alicyclic amines) is 1. The number of rotatable bonds is 3. The maximum Gasteiger partial charge on any atom is 0.222 e. The number of hydrogen-bond donors (Lipinski definition) is 1. The highest BCUT2D eigenvalue weighted by molar-refractivity contribution is 6.30. The first-order valence-electron chi connectivity index (χ1n) is 7.46. The lowest BCUT2D eigenvalue weighted by Gasteiger charge is -2.40. The number of ether oxygens (including phenoxy) is 1. The van der Waals surface area contributed by atoms with Gasteiger partial charge in [0.2, 0.25) is 5.91 Å². The topological polar surface area (TPSA) is 59.4 Å². The van der Waals surface area contributed by atoms with Crippen LogP contribution in [0.1, 0.15) is 19.3 Å². The van der Waals surface area contributed by atoms with Crippen LogP contribution in [-0.2, 0) is 16.1 Å². The Bertz CT molecular complexity index is 497. The molecule has 2 aliphatic heterocycles. The molecule has 3 rings (SSSR count). The lowest BCUT2D eigenvalue weighted by molar-refractivity contribution is -0.128. The zero-order valence-electron chi connectivity index (χ0n) is 12.1. The number of piperidine rings is 1. The number of carbonyl (C=O) groups excluding carboxylic acids is 1. The van der Waals surface area contributed by atoms with Crippen LogP contribution < -0.4 is 5.32 Å². The van der Waals surface area contributed by atoms with E-state index in [2.05, 4.69) is 15.3 Å². The summed E-state index contributed by atoms with van der Waals surface area (Å²) >= 11 is 5.86. The van der Waals surface area contributed by atoms with Crippen LogP contribution in [0.3, 0.4) is 0 Å². The number of aromatic nitrogens is 2. The van der Waals surface area contributed by atoms with Gasteiger partial charge in [0.1, 0.15) is 0 Å². The monoisotopic (exact) mass is 312 g/mol. The summed E-state index contributed by atoms with van der Waals surface area (Å²) in [5.41, 5.74) is -0.244. The first-order valence-corrected chi connectivity index (χ1v) is 7.84. The fourth-order valence-corrected chi connectivity index (χ4v) is 3.23. The molecule has 1 spiro atoms. The average Bonchev–Trinajstić information content (AvgIpc) is 2.80. The molecule has 0 unspecified atom stereocenters. The van der Waals surface area contributed by atoms with Gasteiger partial charge >= 0.3 is 0 Å². The van der Waals surface area contributed by atoms with E-state index >= 15 is 0 Å². The van der Waals surface area contributed by atoms with Crippen LogP contribution in [0.5, 0.6) is 0 Å². The van der Waals surface area contributed by atoms with Crippen molar-refractivity contribution in [2.75, 3.05) is 32.8 Å². The molecule has 0 radical (unpaired) electrons. The average molecular weight is 313 g/mol. The first-order chi connectivity index (χ1) is 10.2. The van der Waals surface area contributed by atoms with E-state index in [0.717, 1.165) is 39.0 Å². The molecular formula is C14H21ClN4O2. The van der Waals surface area contributed by atoms with Crippen molar-refractivity contribution in [3.05, 3.63) is 17.4 Å². The van der Waals surface area contributed by atoms with Crippen LogP contribution in [0.4, 0.5) is 0 Å². The first kappa shape index (κ1) is 14.8. The lowest BCUT2D eigenvalue weighted by Crippen LogP contribution is -2.47. The molecule has 0 bridgehead atoms. The molecule has 0 saturated carbocycles. The third-order valence-electron chi connectivity index (χ3n) is 4.33. The van der Waals surface area contributed by atoms with E-state index in [1.807, 2.05) is 10.9 Å². The van der Waals surface area contributed by atoms with Gasteiger partial charge in [-0.1, -0.05) is 11.6 Å². The molecule has 1 aromatic heterocycles. The molecule has 3 heterocycles. The smallest absolute Gasteiger partial charge is 0.222 e. The second-order valence-corrected chi connectivity index (χ2v) is 6.26. The zero-order chi connectivity index (χ0) is 14.7.